The second-order valence-corrected chi connectivity index (χ2v) is 6.89. The van der Waals surface area contributed by atoms with E-state index in [0.717, 1.165) is 31.8 Å². The summed E-state index contributed by atoms with van der Waals surface area (Å²) in [6, 6.07) is 10.6. The van der Waals surface area contributed by atoms with Crippen molar-refractivity contribution in [2.75, 3.05) is 13.1 Å². The quantitative estimate of drug-likeness (QED) is 0.577. The van der Waals surface area contributed by atoms with Gasteiger partial charge in [0.05, 0.1) is 18.7 Å². The molecule has 0 saturated heterocycles. The van der Waals surface area contributed by atoms with E-state index in [1.807, 2.05) is 6.07 Å². The molecule has 3 unspecified atom stereocenters. The summed E-state index contributed by atoms with van der Waals surface area (Å²) in [5.41, 5.74) is 1.14. The van der Waals surface area contributed by atoms with Crippen LogP contribution in [0.15, 0.2) is 35.3 Å². The van der Waals surface area contributed by atoms with Gasteiger partial charge in [0.1, 0.15) is 0 Å². The second kappa shape index (κ2) is 8.34. The Labute approximate surface area is 140 Å². The van der Waals surface area contributed by atoms with Crippen molar-refractivity contribution in [1.82, 2.24) is 10.6 Å². The molecular weight excluding hydrogens is 286 g/mol. The van der Waals surface area contributed by atoms with E-state index in [4.69, 9.17) is 4.99 Å². The van der Waals surface area contributed by atoms with Gasteiger partial charge in [-0.05, 0) is 32.3 Å². The van der Waals surface area contributed by atoms with Gasteiger partial charge in [0.25, 0.3) is 0 Å². The molecule has 0 radical (unpaired) electrons. The highest BCUT2D eigenvalue weighted by Crippen LogP contribution is 2.36. The highest BCUT2D eigenvalue weighted by molar-refractivity contribution is 5.80. The molecular formula is C19H31N3O. The first-order valence-corrected chi connectivity index (χ1v) is 8.83. The van der Waals surface area contributed by atoms with E-state index in [9.17, 15) is 5.11 Å². The van der Waals surface area contributed by atoms with E-state index in [1.165, 1.54) is 12.0 Å². The third-order valence-electron chi connectivity index (χ3n) is 4.88. The molecule has 3 atom stereocenters. The zero-order valence-corrected chi connectivity index (χ0v) is 14.7. The van der Waals surface area contributed by atoms with E-state index in [1.54, 1.807) is 0 Å². The maximum atomic E-state index is 10.3. The Morgan fingerprint density at radius 3 is 2.74 bits per heavy atom. The first-order valence-electron chi connectivity index (χ1n) is 8.83. The van der Waals surface area contributed by atoms with Gasteiger partial charge >= 0.3 is 0 Å². The molecule has 1 saturated carbocycles. The molecule has 1 aliphatic rings. The first kappa shape index (κ1) is 17.8. The number of nitrogens with zero attached hydrogens (tertiary/aromatic N) is 1. The lowest BCUT2D eigenvalue weighted by molar-refractivity contribution is 0.00716. The lowest BCUT2D eigenvalue weighted by Crippen LogP contribution is -2.42. The molecule has 1 aliphatic carbocycles. The minimum Gasteiger partial charge on any atom is -0.392 e. The van der Waals surface area contributed by atoms with E-state index >= 15 is 0 Å². The number of aliphatic imine (C=N–C) groups is 1. The predicted octanol–water partition coefficient (Wildman–Crippen LogP) is 3.24. The molecule has 4 heteroatoms. The van der Waals surface area contributed by atoms with Crippen molar-refractivity contribution in [2.24, 2.45) is 10.4 Å². The first-order chi connectivity index (χ1) is 11.0. The van der Waals surface area contributed by atoms with Crippen LogP contribution in [-0.4, -0.2) is 30.3 Å². The molecule has 1 fully saturated rings. The molecule has 0 bridgehead atoms. The Kier molecular flexibility index (Phi) is 6.46. The van der Waals surface area contributed by atoms with Gasteiger partial charge in [-0.1, -0.05) is 50.1 Å². The number of nitrogens with one attached hydrogen (secondary N) is 2. The van der Waals surface area contributed by atoms with Crippen LogP contribution in [0, 0.1) is 5.41 Å². The molecule has 4 nitrogen and oxygen atoms in total. The maximum Gasteiger partial charge on any atom is 0.191 e. The number of hydrogen-bond acceptors (Lipinski definition) is 2. The van der Waals surface area contributed by atoms with Gasteiger partial charge in [0.15, 0.2) is 5.96 Å². The minimum atomic E-state index is -0.241. The Hall–Kier alpha value is -1.55. The molecule has 1 aromatic carbocycles. The summed E-state index contributed by atoms with van der Waals surface area (Å²) in [5, 5.41) is 17.1. The highest BCUT2D eigenvalue weighted by atomic mass is 16.3. The van der Waals surface area contributed by atoms with Crippen LogP contribution < -0.4 is 10.6 Å². The average Bonchev–Trinajstić information content (AvgIpc) is 2.56. The number of aliphatic hydroxyl groups is 1. The molecule has 1 aromatic rings. The lowest BCUT2D eigenvalue weighted by atomic mass is 9.73. The normalized spacial score (nSPS) is 26.6. The monoisotopic (exact) mass is 317 g/mol. The Morgan fingerprint density at radius 2 is 2.09 bits per heavy atom. The largest absolute Gasteiger partial charge is 0.392 e. The number of benzene rings is 1. The molecule has 0 aliphatic heterocycles. The fourth-order valence-corrected chi connectivity index (χ4v) is 3.18. The standard InChI is InChI=1S/C19H31N3O/c1-4-20-18(22-15(2)16-10-6-5-7-11-16)21-14-19(3)13-9-8-12-17(19)23/h5-7,10-11,15,17,23H,4,8-9,12-14H2,1-3H3,(H2,20,21,22). The van der Waals surface area contributed by atoms with Gasteiger partial charge in [-0.25, -0.2) is 0 Å². The molecule has 0 spiro atoms. The third kappa shape index (κ3) is 4.96. The molecule has 0 aromatic heterocycles. The van der Waals surface area contributed by atoms with Crippen LogP contribution in [0.25, 0.3) is 0 Å². The number of rotatable bonds is 5. The molecule has 0 amide bonds. The summed E-state index contributed by atoms with van der Waals surface area (Å²) in [6.07, 6.45) is 4.02. The maximum absolute atomic E-state index is 10.3. The van der Waals surface area contributed by atoms with Gasteiger partial charge in [-0.2, -0.15) is 0 Å². The Morgan fingerprint density at radius 1 is 1.35 bits per heavy atom. The summed E-state index contributed by atoms with van der Waals surface area (Å²) in [4.78, 5) is 4.76. The van der Waals surface area contributed by atoms with Crippen LogP contribution in [0.5, 0.6) is 0 Å². The molecule has 3 N–H and O–H groups in total. The van der Waals surface area contributed by atoms with Crippen molar-refractivity contribution in [3.63, 3.8) is 0 Å². The summed E-state index contributed by atoms with van der Waals surface area (Å²) in [5.74, 6) is 0.822. The highest BCUT2D eigenvalue weighted by Gasteiger charge is 2.35. The summed E-state index contributed by atoms with van der Waals surface area (Å²) in [6.45, 7) is 7.85. The van der Waals surface area contributed by atoms with Gasteiger partial charge in [-0.3, -0.25) is 4.99 Å². The van der Waals surface area contributed by atoms with E-state index in [2.05, 4.69) is 55.7 Å². The van der Waals surface area contributed by atoms with Crippen molar-refractivity contribution in [2.45, 2.75) is 58.6 Å². The van der Waals surface area contributed by atoms with Crippen molar-refractivity contribution in [1.29, 1.82) is 0 Å². The minimum absolute atomic E-state index is 0.101. The topological polar surface area (TPSA) is 56.7 Å². The van der Waals surface area contributed by atoms with E-state index in [0.29, 0.717) is 6.54 Å². The second-order valence-electron chi connectivity index (χ2n) is 6.89. The zero-order valence-electron chi connectivity index (χ0n) is 14.7. The van der Waals surface area contributed by atoms with Crippen LogP contribution in [0.3, 0.4) is 0 Å². The zero-order chi connectivity index (χ0) is 16.7. The summed E-state index contributed by atoms with van der Waals surface area (Å²) < 4.78 is 0. The van der Waals surface area contributed by atoms with E-state index < -0.39 is 0 Å². The molecule has 0 heterocycles. The average molecular weight is 317 g/mol. The van der Waals surface area contributed by atoms with Gasteiger partial charge in [0, 0.05) is 12.0 Å². The van der Waals surface area contributed by atoms with Gasteiger partial charge < -0.3 is 15.7 Å². The van der Waals surface area contributed by atoms with Crippen molar-refractivity contribution in [3.8, 4) is 0 Å². The summed E-state index contributed by atoms with van der Waals surface area (Å²) >= 11 is 0. The van der Waals surface area contributed by atoms with E-state index in [-0.39, 0.29) is 17.6 Å². The van der Waals surface area contributed by atoms with Gasteiger partial charge in [0.2, 0.25) is 0 Å². The van der Waals surface area contributed by atoms with Crippen molar-refractivity contribution in [3.05, 3.63) is 35.9 Å². The summed E-state index contributed by atoms with van der Waals surface area (Å²) in [7, 11) is 0. The molecule has 2 rings (SSSR count). The Balaban J connectivity index is 2.02. The van der Waals surface area contributed by atoms with Crippen LogP contribution in [0.2, 0.25) is 0 Å². The fourth-order valence-electron chi connectivity index (χ4n) is 3.18. The van der Waals surface area contributed by atoms with Crippen LogP contribution in [0.1, 0.15) is 58.1 Å². The predicted molar refractivity (Wildman–Crippen MR) is 96.6 cm³/mol. The van der Waals surface area contributed by atoms with Crippen LogP contribution >= 0.6 is 0 Å². The van der Waals surface area contributed by atoms with Crippen LogP contribution in [0.4, 0.5) is 0 Å². The van der Waals surface area contributed by atoms with Crippen molar-refractivity contribution >= 4 is 5.96 Å². The number of guanidine groups is 1. The number of aliphatic hydroxyl groups excluding tert-OH is 1. The van der Waals surface area contributed by atoms with Crippen molar-refractivity contribution < 1.29 is 5.11 Å². The number of hydrogen-bond donors (Lipinski definition) is 3. The third-order valence-corrected chi connectivity index (χ3v) is 4.88. The molecule has 23 heavy (non-hydrogen) atoms. The molecule has 128 valence electrons. The lowest BCUT2D eigenvalue weighted by Gasteiger charge is -2.37. The van der Waals surface area contributed by atoms with Crippen LogP contribution in [-0.2, 0) is 0 Å². The Bertz CT molecular complexity index is 503. The van der Waals surface area contributed by atoms with Gasteiger partial charge in [-0.15, -0.1) is 0 Å². The SMILES string of the molecule is CCNC(=NCC1(C)CCCCC1O)NC(C)c1ccccc1. The fraction of sp³-hybridized carbons (Fsp3) is 0.632. The smallest absolute Gasteiger partial charge is 0.191 e.